The first-order chi connectivity index (χ1) is 17.0. The summed E-state index contributed by atoms with van der Waals surface area (Å²) < 4.78 is 5.66. The van der Waals surface area contributed by atoms with Gasteiger partial charge in [-0.1, -0.05) is 48.0 Å². The molecule has 182 valence electrons. The quantitative estimate of drug-likeness (QED) is 0.472. The summed E-state index contributed by atoms with van der Waals surface area (Å²) in [7, 11) is 0. The van der Waals surface area contributed by atoms with Crippen molar-refractivity contribution in [3.8, 4) is 0 Å². The number of halogens is 1. The summed E-state index contributed by atoms with van der Waals surface area (Å²) in [6.07, 6.45) is 1.18. The molecule has 3 aromatic carbocycles. The van der Waals surface area contributed by atoms with Crippen molar-refractivity contribution in [2.75, 3.05) is 32.8 Å². The molecule has 2 amide bonds. The molecule has 0 radical (unpaired) electrons. The zero-order valence-electron chi connectivity index (χ0n) is 19.5. The van der Waals surface area contributed by atoms with E-state index in [9.17, 15) is 14.7 Å². The summed E-state index contributed by atoms with van der Waals surface area (Å²) in [6, 6.07) is 18.7. The van der Waals surface area contributed by atoms with E-state index in [0.29, 0.717) is 35.8 Å². The molecule has 1 saturated heterocycles. The van der Waals surface area contributed by atoms with Gasteiger partial charge in [0.05, 0.1) is 19.3 Å². The van der Waals surface area contributed by atoms with Crippen molar-refractivity contribution in [3.05, 3.63) is 82.4 Å². The number of likely N-dealkylation sites (tertiary alicyclic amines) is 1. The molecule has 1 fully saturated rings. The standard InChI is InChI=1S/C28H29ClN2O4/c29-22-9-7-20(8-10-22)17-35-18-23(32)16-30-13-11-19(12-14-30)15-31-27(33)24-5-1-3-21-4-2-6-25(26(21)24)28(31)34/h1-10,19,23,32H,11-18H2/t23-/m0/s1. The molecule has 0 aliphatic carbocycles. The van der Waals surface area contributed by atoms with Crippen LogP contribution in [0.2, 0.25) is 5.02 Å². The smallest absolute Gasteiger partial charge is 0.261 e. The fraction of sp³-hybridized carbons (Fsp3) is 0.357. The molecule has 0 bridgehead atoms. The number of benzene rings is 3. The number of aliphatic hydroxyl groups is 1. The number of carbonyl (C=O) groups is 2. The van der Waals surface area contributed by atoms with Gasteiger partial charge >= 0.3 is 0 Å². The lowest BCUT2D eigenvalue weighted by Crippen LogP contribution is -2.46. The van der Waals surface area contributed by atoms with Gasteiger partial charge in [0.1, 0.15) is 0 Å². The highest BCUT2D eigenvalue weighted by Gasteiger charge is 2.34. The van der Waals surface area contributed by atoms with Gasteiger partial charge in [0, 0.05) is 34.6 Å². The van der Waals surface area contributed by atoms with Gasteiger partial charge in [-0.25, -0.2) is 0 Å². The van der Waals surface area contributed by atoms with Gasteiger partial charge in [-0.15, -0.1) is 0 Å². The zero-order valence-corrected chi connectivity index (χ0v) is 20.3. The predicted octanol–water partition coefficient (Wildman–Crippen LogP) is 4.38. The Morgan fingerprint density at radius 2 is 1.57 bits per heavy atom. The van der Waals surface area contributed by atoms with Crippen LogP contribution in [0.3, 0.4) is 0 Å². The molecule has 7 heteroatoms. The van der Waals surface area contributed by atoms with Crippen LogP contribution in [0.1, 0.15) is 39.1 Å². The highest BCUT2D eigenvalue weighted by Crippen LogP contribution is 2.31. The molecule has 2 aliphatic rings. The molecule has 5 rings (SSSR count). The van der Waals surface area contributed by atoms with Crippen molar-refractivity contribution < 1.29 is 19.4 Å². The second-order valence-corrected chi connectivity index (χ2v) is 9.91. The number of amides is 2. The van der Waals surface area contributed by atoms with Crippen molar-refractivity contribution in [1.82, 2.24) is 9.80 Å². The summed E-state index contributed by atoms with van der Waals surface area (Å²) in [5, 5.41) is 12.8. The molecule has 6 nitrogen and oxygen atoms in total. The first kappa shape index (κ1) is 23.9. The molecule has 1 atom stereocenters. The maximum absolute atomic E-state index is 13.2. The minimum absolute atomic E-state index is 0.199. The van der Waals surface area contributed by atoms with Crippen LogP contribution < -0.4 is 0 Å². The number of piperidine rings is 1. The van der Waals surface area contributed by atoms with Crippen molar-refractivity contribution in [3.63, 3.8) is 0 Å². The first-order valence-electron chi connectivity index (χ1n) is 12.1. The largest absolute Gasteiger partial charge is 0.389 e. The molecule has 0 unspecified atom stereocenters. The lowest BCUT2D eigenvalue weighted by atomic mass is 9.91. The van der Waals surface area contributed by atoms with Gasteiger partial charge in [-0.05, 0) is 67.1 Å². The molecule has 0 spiro atoms. The molecule has 2 heterocycles. The SMILES string of the molecule is O=C1c2cccc3cccc(c23)C(=O)N1CC1CCN(C[C@H](O)COCc2ccc(Cl)cc2)CC1. The Labute approximate surface area is 210 Å². The van der Waals surface area contributed by atoms with Crippen molar-refractivity contribution in [1.29, 1.82) is 0 Å². The van der Waals surface area contributed by atoms with Gasteiger partial charge < -0.3 is 14.7 Å². The number of β-amino-alcohol motifs (C(OH)–C–C–N with tert-alkyl or cyclic N) is 1. The number of nitrogens with zero attached hydrogens (tertiary/aromatic N) is 2. The first-order valence-corrected chi connectivity index (χ1v) is 12.5. The van der Waals surface area contributed by atoms with Crippen LogP contribution in [0.25, 0.3) is 10.8 Å². The van der Waals surface area contributed by atoms with Gasteiger partial charge in [0.15, 0.2) is 0 Å². The Bertz CT molecular complexity index is 1170. The lowest BCUT2D eigenvalue weighted by molar-refractivity contribution is 0.00360. The van der Waals surface area contributed by atoms with Crippen LogP contribution in [0.15, 0.2) is 60.7 Å². The maximum Gasteiger partial charge on any atom is 0.261 e. The monoisotopic (exact) mass is 492 g/mol. The van der Waals surface area contributed by atoms with Gasteiger partial charge in [0.2, 0.25) is 0 Å². The second kappa shape index (κ2) is 10.5. The predicted molar refractivity (Wildman–Crippen MR) is 136 cm³/mol. The third-order valence-electron chi connectivity index (χ3n) is 6.96. The van der Waals surface area contributed by atoms with Crippen LogP contribution >= 0.6 is 11.6 Å². The number of rotatable bonds is 8. The number of aliphatic hydroxyl groups excluding tert-OH is 1. The minimum Gasteiger partial charge on any atom is -0.389 e. The number of imide groups is 1. The van der Waals surface area contributed by atoms with Crippen LogP contribution in [0.5, 0.6) is 0 Å². The summed E-state index contributed by atoms with van der Waals surface area (Å²) >= 11 is 5.90. The third kappa shape index (κ3) is 5.26. The molecule has 0 aromatic heterocycles. The van der Waals surface area contributed by atoms with Crippen LogP contribution in [-0.2, 0) is 11.3 Å². The Balaban J connectivity index is 1.10. The minimum atomic E-state index is -0.568. The normalized spacial score (nSPS) is 17.8. The summed E-state index contributed by atoms with van der Waals surface area (Å²) in [4.78, 5) is 30.0. The molecular formula is C28H29ClN2O4. The number of hydrogen-bond acceptors (Lipinski definition) is 5. The van der Waals surface area contributed by atoms with E-state index in [1.54, 1.807) is 0 Å². The Morgan fingerprint density at radius 3 is 2.20 bits per heavy atom. The van der Waals surface area contributed by atoms with Gasteiger partial charge in [-0.3, -0.25) is 14.5 Å². The average molecular weight is 493 g/mol. The summed E-state index contributed by atoms with van der Waals surface area (Å²) in [5.41, 5.74) is 2.23. The highest BCUT2D eigenvalue weighted by atomic mass is 35.5. The molecule has 0 saturated carbocycles. The van der Waals surface area contributed by atoms with E-state index in [1.165, 1.54) is 4.90 Å². The molecule has 1 N–H and O–H groups in total. The van der Waals surface area contributed by atoms with E-state index in [2.05, 4.69) is 4.90 Å². The van der Waals surface area contributed by atoms with Gasteiger partial charge in [0.25, 0.3) is 11.8 Å². The Kier molecular flexibility index (Phi) is 7.16. The van der Waals surface area contributed by atoms with Crippen molar-refractivity contribution in [2.24, 2.45) is 5.92 Å². The van der Waals surface area contributed by atoms with Crippen molar-refractivity contribution in [2.45, 2.75) is 25.6 Å². The lowest BCUT2D eigenvalue weighted by Gasteiger charge is -2.36. The molecule has 3 aromatic rings. The van der Waals surface area contributed by atoms with Crippen molar-refractivity contribution >= 4 is 34.2 Å². The van der Waals surface area contributed by atoms with Crippen LogP contribution in [-0.4, -0.2) is 65.6 Å². The van der Waals surface area contributed by atoms with E-state index >= 15 is 0 Å². The molecule has 2 aliphatic heterocycles. The maximum atomic E-state index is 13.2. The summed E-state index contributed by atoms with van der Waals surface area (Å²) in [5.74, 6) is -0.146. The Morgan fingerprint density at radius 1 is 0.943 bits per heavy atom. The van der Waals surface area contributed by atoms with E-state index < -0.39 is 6.10 Å². The topological polar surface area (TPSA) is 70.1 Å². The fourth-order valence-electron chi connectivity index (χ4n) is 5.10. The number of ether oxygens (including phenoxy) is 1. The van der Waals surface area contributed by atoms with E-state index in [0.717, 1.165) is 42.3 Å². The average Bonchev–Trinajstić information content (AvgIpc) is 2.87. The fourth-order valence-corrected chi connectivity index (χ4v) is 5.23. The third-order valence-corrected chi connectivity index (χ3v) is 7.22. The number of hydrogen-bond donors (Lipinski definition) is 1. The molecular weight excluding hydrogens is 464 g/mol. The second-order valence-electron chi connectivity index (χ2n) is 9.47. The highest BCUT2D eigenvalue weighted by molar-refractivity contribution is 6.30. The van der Waals surface area contributed by atoms with Crippen LogP contribution in [0, 0.1) is 5.92 Å². The molecule has 35 heavy (non-hydrogen) atoms. The zero-order chi connectivity index (χ0) is 24.4. The van der Waals surface area contributed by atoms with E-state index in [1.807, 2.05) is 60.7 Å². The van der Waals surface area contributed by atoms with E-state index in [4.69, 9.17) is 16.3 Å². The van der Waals surface area contributed by atoms with Crippen LogP contribution in [0.4, 0.5) is 0 Å². The Hall–Kier alpha value is -2.77. The van der Waals surface area contributed by atoms with E-state index in [-0.39, 0.29) is 24.3 Å². The summed E-state index contributed by atoms with van der Waals surface area (Å²) in [6.45, 7) is 3.32. The van der Waals surface area contributed by atoms with Gasteiger partial charge in [-0.2, -0.15) is 0 Å². The number of carbonyl (C=O) groups excluding carboxylic acids is 2.